The molecule has 1 aromatic rings. The van der Waals surface area contributed by atoms with Gasteiger partial charge in [0.2, 0.25) is 0 Å². The minimum absolute atomic E-state index is 0.411. The van der Waals surface area contributed by atoms with Gasteiger partial charge in [-0.2, -0.15) is 0 Å². The maximum atomic E-state index is 5.23. The Labute approximate surface area is 98.0 Å². The first kappa shape index (κ1) is 11.5. The summed E-state index contributed by atoms with van der Waals surface area (Å²) in [5, 5.41) is 3.57. The van der Waals surface area contributed by atoms with Gasteiger partial charge >= 0.3 is 0 Å². The summed E-state index contributed by atoms with van der Waals surface area (Å²) in [5.41, 5.74) is 1.30. The lowest BCUT2D eigenvalue weighted by molar-refractivity contribution is 0.413. The second kappa shape index (κ2) is 5.35. The normalized spacial score (nSPS) is 17.1. The smallest absolute Gasteiger partial charge is 0.119 e. The zero-order chi connectivity index (χ0) is 11.4. The summed E-state index contributed by atoms with van der Waals surface area (Å²) in [6, 6.07) is 8.70. The molecule has 1 aliphatic rings. The van der Waals surface area contributed by atoms with Crippen molar-refractivity contribution < 1.29 is 4.74 Å². The third-order valence-electron chi connectivity index (χ3n) is 3.29. The van der Waals surface area contributed by atoms with Crippen LogP contribution < -0.4 is 10.1 Å². The fourth-order valence-electron chi connectivity index (χ4n) is 1.94. The highest BCUT2D eigenvalue weighted by Gasteiger charge is 2.20. The van der Waals surface area contributed by atoms with Gasteiger partial charge in [0.05, 0.1) is 7.11 Å². The molecule has 88 valence electrons. The molecule has 0 spiro atoms. The van der Waals surface area contributed by atoms with E-state index in [1.165, 1.54) is 24.8 Å². The third kappa shape index (κ3) is 3.24. The monoisotopic (exact) mass is 219 g/mol. The summed E-state index contributed by atoms with van der Waals surface area (Å²) in [4.78, 5) is 0. The van der Waals surface area contributed by atoms with Crippen molar-refractivity contribution in [3.8, 4) is 5.75 Å². The van der Waals surface area contributed by atoms with Crippen LogP contribution in [0.25, 0.3) is 0 Å². The molecule has 16 heavy (non-hydrogen) atoms. The number of ether oxygens (including phenoxy) is 1. The Balaban J connectivity index is 1.83. The molecule has 2 rings (SSSR count). The molecule has 0 aliphatic heterocycles. The van der Waals surface area contributed by atoms with Crippen molar-refractivity contribution in [1.82, 2.24) is 5.32 Å². The van der Waals surface area contributed by atoms with E-state index >= 15 is 0 Å². The summed E-state index contributed by atoms with van der Waals surface area (Å²) in [7, 11) is 1.71. The number of rotatable bonds is 6. The lowest BCUT2D eigenvalue weighted by Gasteiger charge is -2.14. The Bertz CT molecular complexity index is 333. The maximum absolute atomic E-state index is 5.23. The van der Waals surface area contributed by atoms with Crippen LogP contribution in [-0.4, -0.2) is 13.7 Å². The van der Waals surface area contributed by atoms with Crippen molar-refractivity contribution in [3.63, 3.8) is 0 Å². The Morgan fingerprint density at radius 2 is 2.25 bits per heavy atom. The Kier molecular flexibility index (Phi) is 3.83. The van der Waals surface area contributed by atoms with Crippen molar-refractivity contribution in [3.05, 3.63) is 29.8 Å². The van der Waals surface area contributed by atoms with Gasteiger partial charge in [-0.05, 0) is 43.5 Å². The molecule has 0 radical (unpaired) electrons. The highest BCUT2D eigenvalue weighted by Crippen LogP contribution is 2.32. The minimum Gasteiger partial charge on any atom is -0.497 e. The van der Waals surface area contributed by atoms with E-state index in [0.717, 1.165) is 18.2 Å². The summed E-state index contributed by atoms with van der Waals surface area (Å²) in [6.45, 7) is 3.34. The molecule has 1 fully saturated rings. The molecule has 1 aliphatic carbocycles. The first-order valence-electron chi connectivity index (χ1n) is 6.17. The zero-order valence-electron chi connectivity index (χ0n) is 10.2. The van der Waals surface area contributed by atoms with Gasteiger partial charge in [0.15, 0.2) is 0 Å². The number of benzene rings is 1. The van der Waals surface area contributed by atoms with Gasteiger partial charge in [-0.3, -0.25) is 0 Å². The van der Waals surface area contributed by atoms with Crippen LogP contribution in [0.3, 0.4) is 0 Å². The van der Waals surface area contributed by atoms with Crippen LogP contribution in [0.4, 0.5) is 0 Å². The predicted molar refractivity (Wildman–Crippen MR) is 66.8 cm³/mol. The van der Waals surface area contributed by atoms with Crippen LogP contribution in [0, 0.1) is 5.92 Å². The third-order valence-corrected chi connectivity index (χ3v) is 3.29. The van der Waals surface area contributed by atoms with Crippen molar-refractivity contribution in [1.29, 1.82) is 0 Å². The first-order chi connectivity index (χ1) is 7.79. The topological polar surface area (TPSA) is 21.3 Å². The summed E-state index contributed by atoms with van der Waals surface area (Å²) in [5.74, 6) is 1.94. The van der Waals surface area contributed by atoms with E-state index in [1.54, 1.807) is 7.11 Å². The van der Waals surface area contributed by atoms with E-state index in [0.29, 0.717) is 6.04 Å². The van der Waals surface area contributed by atoms with Gasteiger partial charge in [-0.1, -0.05) is 25.0 Å². The summed E-state index contributed by atoms with van der Waals surface area (Å²) < 4.78 is 5.23. The standard InChI is InChI=1S/C14H21NO/c1-11(15-9-8-12-6-7-12)13-4-3-5-14(10-13)16-2/h3-5,10-12,15H,6-9H2,1-2H3/t11-/m0/s1. The van der Waals surface area contributed by atoms with Crippen LogP contribution >= 0.6 is 0 Å². The fourth-order valence-corrected chi connectivity index (χ4v) is 1.94. The van der Waals surface area contributed by atoms with Crippen molar-refractivity contribution in [2.45, 2.75) is 32.2 Å². The van der Waals surface area contributed by atoms with E-state index in [1.807, 2.05) is 12.1 Å². The van der Waals surface area contributed by atoms with Gasteiger partial charge < -0.3 is 10.1 Å². The minimum atomic E-state index is 0.411. The molecule has 0 aromatic heterocycles. The fraction of sp³-hybridized carbons (Fsp3) is 0.571. The predicted octanol–water partition coefficient (Wildman–Crippen LogP) is 3.15. The SMILES string of the molecule is COc1cccc([C@H](C)NCCC2CC2)c1. The summed E-state index contributed by atoms with van der Waals surface area (Å²) >= 11 is 0. The van der Waals surface area contributed by atoms with E-state index in [4.69, 9.17) is 4.74 Å². The number of hydrogen-bond donors (Lipinski definition) is 1. The highest BCUT2D eigenvalue weighted by molar-refractivity contribution is 5.30. The van der Waals surface area contributed by atoms with Crippen molar-refractivity contribution >= 4 is 0 Å². The molecule has 2 heteroatoms. The van der Waals surface area contributed by atoms with E-state index in [2.05, 4.69) is 24.4 Å². The van der Waals surface area contributed by atoms with Crippen LogP contribution in [-0.2, 0) is 0 Å². The van der Waals surface area contributed by atoms with Gasteiger partial charge in [-0.15, -0.1) is 0 Å². The average molecular weight is 219 g/mol. The van der Waals surface area contributed by atoms with E-state index < -0.39 is 0 Å². The lowest BCUT2D eigenvalue weighted by Crippen LogP contribution is -2.20. The van der Waals surface area contributed by atoms with E-state index in [9.17, 15) is 0 Å². The highest BCUT2D eigenvalue weighted by atomic mass is 16.5. The van der Waals surface area contributed by atoms with Crippen molar-refractivity contribution in [2.75, 3.05) is 13.7 Å². The molecule has 0 saturated heterocycles. The molecule has 1 saturated carbocycles. The molecule has 1 atom stereocenters. The Morgan fingerprint density at radius 1 is 1.44 bits per heavy atom. The quantitative estimate of drug-likeness (QED) is 0.793. The number of methoxy groups -OCH3 is 1. The van der Waals surface area contributed by atoms with Gasteiger partial charge in [0.25, 0.3) is 0 Å². The molecular formula is C14H21NO. The molecular weight excluding hydrogens is 198 g/mol. The molecule has 0 heterocycles. The molecule has 1 N–H and O–H groups in total. The van der Waals surface area contributed by atoms with Crippen molar-refractivity contribution in [2.24, 2.45) is 5.92 Å². The largest absolute Gasteiger partial charge is 0.497 e. The number of nitrogens with one attached hydrogen (secondary N) is 1. The summed E-state index contributed by atoms with van der Waals surface area (Å²) in [6.07, 6.45) is 4.21. The Hall–Kier alpha value is -1.02. The Morgan fingerprint density at radius 3 is 2.94 bits per heavy atom. The van der Waals surface area contributed by atoms with Crippen LogP contribution in [0.2, 0.25) is 0 Å². The maximum Gasteiger partial charge on any atom is 0.119 e. The molecule has 0 bridgehead atoms. The van der Waals surface area contributed by atoms with Crippen LogP contribution in [0.1, 0.15) is 37.8 Å². The first-order valence-corrected chi connectivity index (χ1v) is 6.17. The second-order valence-corrected chi connectivity index (χ2v) is 4.68. The van der Waals surface area contributed by atoms with Gasteiger partial charge in [0, 0.05) is 6.04 Å². The molecule has 0 unspecified atom stereocenters. The van der Waals surface area contributed by atoms with Crippen LogP contribution in [0.15, 0.2) is 24.3 Å². The second-order valence-electron chi connectivity index (χ2n) is 4.68. The molecule has 2 nitrogen and oxygen atoms in total. The van der Waals surface area contributed by atoms with Gasteiger partial charge in [-0.25, -0.2) is 0 Å². The van der Waals surface area contributed by atoms with Gasteiger partial charge in [0.1, 0.15) is 5.75 Å². The molecule has 1 aromatic carbocycles. The lowest BCUT2D eigenvalue weighted by atomic mass is 10.1. The van der Waals surface area contributed by atoms with E-state index in [-0.39, 0.29) is 0 Å². The average Bonchev–Trinajstić information content (AvgIpc) is 3.13. The molecule has 0 amide bonds. The van der Waals surface area contributed by atoms with Crippen LogP contribution in [0.5, 0.6) is 5.75 Å². The number of hydrogen-bond acceptors (Lipinski definition) is 2. The zero-order valence-corrected chi connectivity index (χ0v) is 10.2.